The van der Waals surface area contributed by atoms with E-state index in [1.165, 1.54) is 18.2 Å². The first-order chi connectivity index (χ1) is 9.47. The van der Waals surface area contributed by atoms with Gasteiger partial charge in [-0.1, -0.05) is 24.9 Å². The summed E-state index contributed by atoms with van der Waals surface area (Å²) in [6, 6.07) is 4.32. The SMILES string of the molecule is CCCCOCCCNS(=O)(=O)c1ccc(Cl)cc1N. The van der Waals surface area contributed by atoms with Gasteiger partial charge in [0.1, 0.15) is 4.90 Å². The molecule has 0 bridgehead atoms. The van der Waals surface area contributed by atoms with Crippen LogP contribution in [0.3, 0.4) is 0 Å². The zero-order valence-electron chi connectivity index (χ0n) is 11.6. The lowest BCUT2D eigenvalue weighted by Gasteiger charge is -2.09. The van der Waals surface area contributed by atoms with Gasteiger partial charge in [-0.2, -0.15) is 0 Å². The summed E-state index contributed by atoms with van der Waals surface area (Å²) in [6.07, 6.45) is 2.73. The molecule has 0 radical (unpaired) electrons. The lowest BCUT2D eigenvalue weighted by Crippen LogP contribution is -2.26. The maximum atomic E-state index is 12.0. The minimum absolute atomic E-state index is 0.0498. The Labute approximate surface area is 125 Å². The molecule has 0 aliphatic carbocycles. The Hall–Kier alpha value is -0.820. The van der Waals surface area contributed by atoms with Crippen LogP contribution >= 0.6 is 11.6 Å². The first-order valence-electron chi connectivity index (χ1n) is 6.60. The highest BCUT2D eigenvalue weighted by Crippen LogP contribution is 2.22. The summed E-state index contributed by atoms with van der Waals surface area (Å²) in [5, 5.41) is 0.408. The van der Waals surface area contributed by atoms with E-state index in [0.29, 0.717) is 31.2 Å². The Balaban J connectivity index is 2.42. The molecule has 0 aliphatic heterocycles. The van der Waals surface area contributed by atoms with Gasteiger partial charge in [0.25, 0.3) is 0 Å². The van der Waals surface area contributed by atoms with Crippen LogP contribution in [0.25, 0.3) is 0 Å². The zero-order valence-corrected chi connectivity index (χ0v) is 13.1. The number of hydrogen-bond donors (Lipinski definition) is 2. The fourth-order valence-corrected chi connectivity index (χ4v) is 2.94. The highest BCUT2D eigenvalue weighted by Gasteiger charge is 2.16. The third kappa shape index (κ3) is 5.66. The van der Waals surface area contributed by atoms with Crippen molar-refractivity contribution in [2.75, 3.05) is 25.5 Å². The molecule has 1 aromatic carbocycles. The molecule has 1 aromatic rings. The second-order valence-corrected chi connectivity index (χ2v) is 6.57. The molecule has 7 heteroatoms. The van der Waals surface area contributed by atoms with Crippen LogP contribution < -0.4 is 10.5 Å². The molecule has 0 spiro atoms. The normalized spacial score (nSPS) is 11.7. The molecule has 0 saturated heterocycles. The van der Waals surface area contributed by atoms with Gasteiger partial charge in [-0.3, -0.25) is 0 Å². The quantitative estimate of drug-likeness (QED) is 0.541. The molecule has 114 valence electrons. The predicted molar refractivity (Wildman–Crippen MR) is 81.4 cm³/mol. The van der Waals surface area contributed by atoms with Gasteiger partial charge in [0.2, 0.25) is 10.0 Å². The first kappa shape index (κ1) is 17.2. The fraction of sp³-hybridized carbons (Fsp3) is 0.538. The number of benzene rings is 1. The molecule has 0 aliphatic rings. The molecule has 0 fully saturated rings. The first-order valence-corrected chi connectivity index (χ1v) is 8.46. The minimum Gasteiger partial charge on any atom is -0.398 e. The monoisotopic (exact) mass is 320 g/mol. The highest BCUT2D eigenvalue weighted by molar-refractivity contribution is 7.89. The molecule has 0 amide bonds. The number of nitrogen functional groups attached to an aromatic ring is 1. The van der Waals surface area contributed by atoms with E-state index < -0.39 is 10.0 Å². The summed E-state index contributed by atoms with van der Waals surface area (Å²) < 4.78 is 31.9. The Morgan fingerprint density at radius 2 is 2.00 bits per heavy atom. The number of halogens is 1. The molecule has 0 saturated carbocycles. The van der Waals surface area contributed by atoms with E-state index >= 15 is 0 Å². The summed E-state index contributed by atoms with van der Waals surface area (Å²) in [5.74, 6) is 0. The molecule has 0 aromatic heterocycles. The lowest BCUT2D eigenvalue weighted by atomic mass is 10.3. The van der Waals surface area contributed by atoms with Crippen molar-refractivity contribution in [3.8, 4) is 0 Å². The molecule has 0 unspecified atom stereocenters. The van der Waals surface area contributed by atoms with Crippen LogP contribution in [0.5, 0.6) is 0 Å². The largest absolute Gasteiger partial charge is 0.398 e. The molecule has 0 heterocycles. The van der Waals surface area contributed by atoms with Crippen LogP contribution in [0.15, 0.2) is 23.1 Å². The second kappa shape index (κ2) is 8.46. The van der Waals surface area contributed by atoms with Crippen molar-refractivity contribution in [1.82, 2.24) is 4.72 Å². The van der Waals surface area contributed by atoms with Gasteiger partial charge in [-0.15, -0.1) is 0 Å². The van der Waals surface area contributed by atoms with Crippen molar-refractivity contribution in [2.45, 2.75) is 31.1 Å². The number of anilines is 1. The van der Waals surface area contributed by atoms with E-state index in [1.807, 2.05) is 0 Å². The van der Waals surface area contributed by atoms with Gasteiger partial charge in [-0.05, 0) is 31.0 Å². The number of hydrogen-bond acceptors (Lipinski definition) is 4. The van der Waals surface area contributed by atoms with Gasteiger partial charge in [-0.25, -0.2) is 13.1 Å². The predicted octanol–water partition coefficient (Wildman–Crippen LogP) is 2.41. The van der Waals surface area contributed by atoms with Crippen LogP contribution in [0, 0.1) is 0 Å². The molecule has 3 N–H and O–H groups in total. The highest BCUT2D eigenvalue weighted by atomic mass is 35.5. The smallest absolute Gasteiger partial charge is 0.242 e. The second-order valence-electron chi connectivity index (χ2n) is 4.40. The van der Waals surface area contributed by atoms with Gasteiger partial charge in [0.05, 0.1) is 5.69 Å². The average molecular weight is 321 g/mol. The third-order valence-electron chi connectivity index (χ3n) is 2.66. The van der Waals surface area contributed by atoms with Crippen LogP contribution in [0.2, 0.25) is 5.02 Å². The standard InChI is InChI=1S/C13H21ClN2O3S/c1-2-3-8-19-9-4-7-16-20(17,18)13-6-5-11(14)10-12(13)15/h5-6,10,16H,2-4,7-9,15H2,1H3. The summed E-state index contributed by atoms with van der Waals surface area (Å²) in [5.41, 5.74) is 5.81. The maximum absolute atomic E-state index is 12.0. The summed E-state index contributed by atoms with van der Waals surface area (Å²) >= 11 is 5.74. The number of ether oxygens (including phenoxy) is 1. The summed E-state index contributed by atoms with van der Waals surface area (Å²) in [7, 11) is -3.59. The molecule has 1 rings (SSSR count). The number of rotatable bonds is 9. The van der Waals surface area contributed by atoms with Crippen molar-refractivity contribution in [3.05, 3.63) is 23.2 Å². The topological polar surface area (TPSA) is 81.4 Å². The number of nitrogens with two attached hydrogens (primary N) is 1. The Kier molecular flexibility index (Phi) is 7.29. The van der Waals surface area contributed by atoms with E-state index in [4.69, 9.17) is 22.1 Å². The van der Waals surface area contributed by atoms with Gasteiger partial charge < -0.3 is 10.5 Å². The van der Waals surface area contributed by atoms with Crippen LogP contribution in [-0.2, 0) is 14.8 Å². The molecule has 0 atom stereocenters. The van der Waals surface area contributed by atoms with E-state index in [-0.39, 0.29) is 10.6 Å². The third-order valence-corrected chi connectivity index (χ3v) is 4.43. The van der Waals surface area contributed by atoms with E-state index in [1.54, 1.807) is 0 Å². The van der Waals surface area contributed by atoms with Crippen LogP contribution in [0.1, 0.15) is 26.2 Å². The Morgan fingerprint density at radius 1 is 1.30 bits per heavy atom. The Bertz CT molecular complexity index is 520. The van der Waals surface area contributed by atoms with Crippen LogP contribution in [-0.4, -0.2) is 28.2 Å². The number of nitrogens with one attached hydrogen (secondary N) is 1. The molecule has 20 heavy (non-hydrogen) atoms. The molecule has 5 nitrogen and oxygen atoms in total. The van der Waals surface area contributed by atoms with E-state index in [0.717, 1.165) is 12.8 Å². The van der Waals surface area contributed by atoms with Gasteiger partial charge in [0, 0.05) is 24.8 Å². The van der Waals surface area contributed by atoms with Crippen molar-refractivity contribution < 1.29 is 13.2 Å². The number of sulfonamides is 1. The zero-order chi connectivity index (χ0) is 15.0. The van der Waals surface area contributed by atoms with E-state index in [2.05, 4.69) is 11.6 Å². The lowest BCUT2D eigenvalue weighted by molar-refractivity contribution is 0.130. The maximum Gasteiger partial charge on any atom is 0.242 e. The molecular formula is C13H21ClN2O3S. The van der Waals surface area contributed by atoms with Crippen LogP contribution in [0.4, 0.5) is 5.69 Å². The van der Waals surface area contributed by atoms with Gasteiger partial charge in [0.15, 0.2) is 0 Å². The minimum atomic E-state index is -3.59. The molecular weight excluding hydrogens is 300 g/mol. The van der Waals surface area contributed by atoms with Crippen molar-refractivity contribution in [1.29, 1.82) is 0 Å². The summed E-state index contributed by atoms with van der Waals surface area (Å²) in [6.45, 7) is 3.66. The van der Waals surface area contributed by atoms with Gasteiger partial charge >= 0.3 is 0 Å². The summed E-state index contributed by atoms with van der Waals surface area (Å²) in [4.78, 5) is 0.0498. The van der Waals surface area contributed by atoms with Crippen molar-refractivity contribution >= 4 is 27.3 Å². The van der Waals surface area contributed by atoms with Crippen molar-refractivity contribution in [3.63, 3.8) is 0 Å². The number of unbranched alkanes of at least 4 members (excludes halogenated alkanes) is 1. The Morgan fingerprint density at radius 3 is 2.65 bits per heavy atom. The fourth-order valence-electron chi connectivity index (χ4n) is 1.57. The average Bonchev–Trinajstić information content (AvgIpc) is 2.37. The van der Waals surface area contributed by atoms with Crippen molar-refractivity contribution in [2.24, 2.45) is 0 Å². The van der Waals surface area contributed by atoms with E-state index in [9.17, 15) is 8.42 Å².